The maximum Gasteiger partial charge on any atom is 0.472 e. The number of hydrogen-bond donors (Lipinski definition) is 3. The minimum Gasteiger partial charge on any atom is -0.462 e. The third-order valence-corrected chi connectivity index (χ3v) is 19.2. The van der Waals surface area contributed by atoms with Gasteiger partial charge in [-0.1, -0.05) is 289 Å². The molecule has 0 amide bonds. The molecule has 0 saturated heterocycles. The van der Waals surface area contributed by atoms with Crippen LogP contribution in [0.2, 0.25) is 0 Å². The number of rotatable bonds is 78. The van der Waals surface area contributed by atoms with Crippen molar-refractivity contribution in [2.75, 3.05) is 39.6 Å². The molecule has 3 N–H and O–H groups in total. The number of carbonyl (C=O) groups is 4. The topological polar surface area (TPSA) is 237 Å². The van der Waals surface area contributed by atoms with Gasteiger partial charge < -0.3 is 33.8 Å². The summed E-state index contributed by atoms with van der Waals surface area (Å²) in [4.78, 5) is 73.2. The lowest BCUT2D eigenvalue weighted by atomic mass is 10.1. The van der Waals surface area contributed by atoms with E-state index in [-0.39, 0.29) is 25.7 Å². The third kappa shape index (κ3) is 79.0. The van der Waals surface area contributed by atoms with Gasteiger partial charge in [-0.2, -0.15) is 0 Å². The largest absolute Gasteiger partial charge is 0.472 e. The fourth-order valence-electron chi connectivity index (χ4n) is 10.9. The summed E-state index contributed by atoms with van der Waals surface area (Å²) in [6, 6.07) is 0. The molecule has 0 aromatic heterocycles. The lowest BCUT2D eigenvalue weighted by Crippen LogP contribution is -2.30. The molecule has 2 unspecified atom stereocenters. The molecule has 0 radical (unpaired) electrons. The lowest BCUT2D eigenvalue weighted by molar-refractivity contribution is -0.161. The van der Waals surface area contributed by atoms with Crippen molar-refractivity contribution in [2.24, 2.45) is 0 Å². The molecule has 0 aromatic carbocycles. The highest BCUT2D eigenvalue weighted by Gasteiger charge is 2.30. The number of phosphoric acid groups is 2. The average molecular weight is 1550 g/mol. The molecule has 618 valence electrons. The Bertz CT molecular complexity index is 2610. The Balaban J connectivity index is 5.45. The number of unbranched alkanes of at least 4 members (excludes halogenated alkanes) is 28. The fourth-order valence-corrected chi connectivity index (χ4v) is 12.5. The van der Waals surface area contributed by atoms with Crippen LogP contribution in [-0.4, -0.2) is 96.7 Å². The molecule has 19 heteroatoms. The van der Waals surface area contributed by atoms with Crippen LogP contribution >= 0.6 is 15.6 Å². The Hall–Kier alpha value is -5.06. The van der Waals surface area contributed by atoms with E-state index >= 15 is 0 Å². The third-order valence-electron chi connectivity index (χ3n) is 17.3. The first-order valence-corrected chi connectivity index (χ1v) is 45.1. The van der Waals surface area contributed by atoms with Gasteiger partial charge in [0.05, 0.1) is 26.4 Å². The molecule has 0 aliphatic heterocycles. The van der Waals surface area contributed by atoms with Crippen LogP contribution in [0, 0.1) is 0 Å². The van der Waals surface area contributed by atoms with E-state index in [9.17, 15) is 43.2 Å². The van der Waals surface area contributed by atoms with Gasteiger partial charge in [0.2, 0.25) is 0 Å². The standard InChI is InChI=1S/C89H150O17P2/c1-5-9-13-17-21-25-29-33-37-39-41-43-47-50-54-58-62-66-70-74-87(92)100-80-84(105-88(93)75-71-67-63-59-55-51-46-36-32-28-24-20-16-12-8-4)81-103-107(95,96)101-77-83(90)78-102-108(97,98)104-82-85(79-99-86(91)73-69-65-61-57-53-49-45-35-31-27-23-19-15-11-7-3)106-89(94)76-72-68-64-60-56-52-48-44-42-40-38-34-30-26-22-18-14-10-6-2/h9-10,13-14,21-22,25-26,33-38,41-46,50,52,54,56,83-85,90H,5-8,11-12,15-20,23-24,27-32,39-40,47-49,51,53,55,57-82H2,1-4H3,(H,95,96)(H,97,98)/b13-9-,14-10-,25-21-,26-22-,37-33-,38-34-,43-41-,44-42-,45-35-,46-36-,54-50-,56-52-/t83-,84-,85-/m1/s1. The normalized spacial score (nSPS) is 14.5. The first-order valence-electron chi connectivity index (χ1n) is 42.1. The minimum absolute atomic E-state index is 0.0503. The highest BCUT2D eigenvalue weighted by molar-refractivity contribution is 7.47. The molecule has 0 aliphatic rings. The van der Waals surface area contributed by atoms with Crippen molar-refractivity contribution in [2.45, 2.75) is 354 Å². The SMILES string of the molecule is CC/C=C\C/C=C\C/C=C\C/C=C\C/C=C\CCCCCC(=O)OC[C@H](COP(=O)(O)OC[C@@H](O)COP(=O)(O)OC[C@@H](COC(=O)CCCCCCC/C=C\CCCCCCCC)OC(=O)CCCCC/C=C\C/C=C\C/C=C\C/C=C\C/C=C\CC)OC(=O)CCCCCCC/C=C\CCCCCCCC. The zero-order valence-electron chi connectivity index (χ0n) is 67.7. The summed E-state index contributed by atoms with van der Waals surface area (Å²) in [6.07, 6.45) is 92.4. The quantitative estimate of drug-likeness (QED) is 0.0169. The second-order valence-electron chi connectivity index (χ2n) is 27.6. The first kappa shape index (κ1) is 103. The zero-order chi connectivity index (χ0) is 78.9. The molecule has 108 heavy (non-hydrogen) atoms. The van der Waals surface area contributed by atoms with Crippen LogP contribution in [0.5, 0.6) is 0 Å². The second kappa shape index (κ2) is 80.0. The van der Waals surface area contributed by atoms with Crippen molar-refractivity contribution in [1.29, 1.82) is 0 Å². The highest BCUT2D eigenvalue weighted by Crippen LogP contribution is 2.45. The molecular formula is C89H150O17P2. The molecule has 0 spiro atoms. The van der Waals surface area contributed by atoms with E-state index in [4.69, 9.17) is 37.0 Å². The van der Waals surface area contributed by atoms with E-state index in [0.29, 0.717) is 25.7 Å². The number of aliphatic hydroxyl groups is 1. The van der Waals surface area contributed by atoms with Gasteiger partial charge in [-0.3, -0.25) is 37.3 Å². The van der Waals surface area contributed by atoms with Crippen molar-refractivity contribution in [1.82, 2.24) is 0 Å². The second-order valence-corrected chi connectivity index (χ2v) is 30.6. The Labute approximate surface area is 656 Å². The van der Waals surface area contributed by atoms with Crippen molar-refractivity contribution < 1.29 is 80.2 Å². The van der Waals surface area contributed by atoms with E-state index in [2.05, 4.69) is 174 Å². The Morgan fingerprint density at radius 2 is 0.481 bits per heavy atom. The van der Waals surface area contributed by atoms with Gasteiger partial charge in [-0.05, 0) is 167 Å². The zero-order valence-corrected chi connectivity index (χ0v) is 69.5. The van der Waals surface area contributed by atoms with Crippen LogP contribution in [-0.2, 0) is 65.4 Å². The number of esters is 4. The van der Waals surface area contributed by atoms with Gasteiger partial charge in [-0.25, -0.2) is 9.13 Å². The van der Waals surface area contributed by atoms with Crippen LogP contribution in [0.3, 0.4) is 0 Å². The number of carbonyl (C=O) groups excluding carboxylic acids is 4. The van der Waals surface area contributed by atoms with Gasteiger partial charge in [0.15, 0.2) is 12.2 Å². The van der Waals surface area contributed by atoms with E-state index in [1.165, 1.54) is 77.0 Å². The summed E-state index contributed by atoms with van der Waals surface area (Å²) in [6.45, 7) is 4.57. The van der Waals surface area contributed by atoms with Gasteiger partial charge in [0, 0.05) is 25.7 Å². The van der Waals surface area contributed by atoms with E-state index < -0.39 is 97.5 Å². The molecule has 0 aliphatic carbocycles. The molecule has 0 fully saturated rings. The summed E-state index contributed by atoms with van der Waals surface area (Å²) in [5, 5.41) is 10.7. The lowest BCUT2D eigenvalue weighted by Gasteiger charge is -2.21. The molecule has 17 nitrogen and oxygen atoms in total. The predicted molar refractivity (Wildman–Crippen MR) is 445 cm³/mol. The predicted octanol–water partition coefficient (Wildman–Crippen LogP) is 25.0. The van der Waals surface area contributed by atoms with Crippen LogP contribution < -0.4 is 0 Å². The van der Waals surface area contributed by atoms with Crippen LogP contribution in [0.25, 0.3) is 0 Å². The summed E-state index contributed by atoms with van der Waals surface area (Å²) >= 11 is 0. The van der Waals surface area contributed by atoms with Gasteiger partial charge in [0.25, 0.3) is 0 Å². The minimum atomic E-state index is -5.00. The van der Waals surface area contributed by atoms with Crippen LogP contribution in [0.1, 0.15) is 336 Å². The number of ether oxygens (including phenoxy) is 4. The molecule has 0 saturated carbocycles. The van der Waals surface area contributed by atoms with Gasteiger partial charge >= 0.3 is 39.5 Å². The monoisotopic (exact) mass is 1550 g/mol. The Morgan fingerprint density at radius 1 is 0.269 bits per heavy atom. The van der Waals surface area contributed by atoms with Crippen molar-refractivity contribution in [3.63, 3.8) is 0 Å². The van der Waals surface area contributed by atoms with Crippen molar-refractivity contribution in [3.05, 3.63) is 146 Å². The van der Waals surface area contributed by atoms with Crippen LogP contribution in [0.15, 0.2) is 146 Å². The smallest absolute Gasteiger partial charge is 0.462 e. The summed E-state index contributed by atoms with van der Waals surface area (Å²) < 4.78 is 68.7. The number of aliphatic hydroxyl groups excluding tert-OH is 1. The molecule has 0 rings (SSSR count). The maximum atomic E-state index is 13.1. The Morgan fingerprint density at radius 3 is 0.759 bits per heavy atom. The summed E-state index contributed by atoms with van der Waals surface area (Å²) in [7, 11) is -10.00. The molecular weight excluding hydrogens is 1400 g/mol. The Kier molecular flexibility index (Phi) is 76.3. The van der Waals surface area contributed by atoms with E-state index in [1.807, 2.05) is 0 Å². The first-order chi connectivity index (χ1) is 52.7. The fraction of sp³-hybridized carbons (Fsp3) is 0.685. The summed E-state index contributed by atoms with van der Waals surface area (Å²) in [5.41, 5.74) is 0. The number of phosphoric ester groups is 2. The number of allylic oxidation sites excluding steroid dienone is 24. The number of hydrogen-bond acceptors (Lipinski definition) is 15. The maximum absolute atomic E-state index is 13.1. The van der Waals surface area contributed by atoms with Crippen molar-refractivity contribution in [3.8, 4) is 0 Å². The van der Waals surface area contributed by atoms with Gasteiger partial charge in [0.1, 0.15) is 19.3 Å². The summed E-state index contributed by atoms with van der Waals surface area (Å²) in [5.74, 6) is -2.26. The molecule has 0 aromatic rings. The van der Waals surface area contributed by atoms with Gasteiger partial charge in [-0.15, -0.1) is 0 Å². The van der Waals surface area contributed by atoms with E-state index in [1.54, 1.807) is 0 Å². The van der Waals surface area contributed by atoms with E-state index in [0.717, 1.165) is 180 Å². The highest BCUT2D eigenvalue weighted by atomic mass is 31.2. The van der Waals surface area contributed by atoms with Crippen LogP contribution in [0.4, 0.5) is 0 Å². The molecule has 0 heterocycles. The average Bonchev–Trinajstić information content (AvgIpc) is 0.914. The molecule has 5 atom stereocenters. The van der Waals surface area contributed by atoms with Crippen molar-refractivity contribution >= 4 is 39.5 Å². The molecule has 0 bridgehead atoms.